The molecular formula is C20H25NO3. The molecule has 0 bridgehead atoms. The van der Waals surface area contributed by atoms with Gasteiger partial charge in [0.15, 0.2) is 11.5 Å². The zero-order valence-corrected chi connectivity index (χ0v) is 14.8. The first-order chi connectivity index (χ1) is 11.4. The summed E-state index contributed by atoms with van der Waals surface area (Å²) in [6.07, 6.45) is 0.347. The lowest BCUT2D eigenvalue weighted by atomic mass is 9.96. The van der Waals surface area contributed by atoms with Crippen molar-refractivity contribution in [2.45, 2.75) is 40.0 Å². The maximum atomic E-state index is 12.5. The second-order valence-electron chi connectivity index (χ2n) is 6.40. The van der Waals surface area contributed by atoms with Crippen molar-refractivity contribution in [1.82, 2.24) is 5.32 Å². The van der Waals surface area contributed by atoms with E-state index in [-0.39, 0.29) is 23.4 Å². The number of hydrogen-bond donors (Lipinski definition) is 1. The average molecular weight is 327 g/mol. The van der Waals surface area contributed by atoms with Crippen molar-refractivity contribution in [2.24, 2.45) is 5.92 Å². The Morgan fingerprint density at radius 2 is 1.79 bits per heavy atom. The van der Waals surface area contributed by atoms with E-state index in [1.165, 1.54) is 0 Å². The number of benzene rings is 1. The van der Waals surface area contributed by atoms with Gasteiger partial charge in [0, 0.05) is 24.9 Å². The number of hydrogen-bond acceptors (Lipinski definition) is 3. The zero-order chi connectivity index (χ0) is 17.7. The van der Waals surface area contributed by atoms with E-state index in [0.29, 0.717) is 30.2 Å². The van der Waals surface area contributed by atoms with Crippen molar-refractivity contribution >= 4 is 11.7 Å². The summed E-state index contributed by atoms with van der Waals surface area (Å²) in [4.78, 5) is 24.5. The maximum Gasteiger partial charge on any atom is 0.254 e. The lowest BCUT2D eigenvalue weighted by Crippen LogP contribution is -2.28. The van der Waals surface area contributed by atoms with Gasteiger partial charge >= 0.3 is 0 Å². The Balaban J connectivity index is 2.38. The lowest BCUT2D eigenvalue weighted by molar-refractivity contribution is 0.0941. The number of Topliss-reactive ketones (excluding diaryl/α,β-unsaturated/α-hetero) is 1. The van der Waals surface area contributed by atoms with Gasteiger partial charge in [0.2, 0.25) is 0 Å². The standard InChI is InChI=1S/C20H25NO3/c1-5-17(22)18-11-16(20(23)21-12-13(2)3)19(24-18)14(4)15-9-7-6-8-10-15/h6-11,13-14H,5,12H2,1-4H3,(H,21,23)/t14-/m0/s1. The molecule has 0 saturated heterocycles. The number of furan rings is 1. The van der Waals surface area contributed by atoms with Crippen LogP contribution in [0.15, 0.2) is 40.8 Å². The molecule has 128 valence electrons. The molecule has 2 rings (SSSR count). The molecule has 0 fully saturated rings. The second kappa shape index (κ2) is 7.95. The van der Waals surface area contributed by atoms with Gasteiger partial charge in [-0.25, -0.2) is 0 Å². The Kier molecular flexibility index (Phi) is 5.96. The maximum absolute atomic E-state index is 12.5. The molecule has 1 amide bonds. The number of carbonyl (C=O) groups excluding carboxylic acids is 2. The highest BCUT2D eigenvalue weighted by atomic mass is 16.3. The molecule has 24 heavy (non-hydrogen) atoms. The summed E-state index contributed by atoms with van der Waals surface area (Å²) < 4.78 is 5.80. The first-order valence-electron chi connectivity index (χ1n) is 8.44. The zero-order valence-electron chi connectivity index (χ0n) is 14.8. The van der Waals surface area contributed by atoms with Gasteiger partial charge in [0.1, 0.15) is 5.76 Å². The van der Waals surface area contributed by atoms with Crippen molar-refractivity contribution in [1.29, 1.82) is 0 Å². The fraction of sp³-hybridized carbons (Fsp3) is 0.400. The van der Waals surface area contributed by atoms with E-state index >= 15 is 0 Å². The molecule has 0 spiro atoms. The highest BCUT2D eigenvalue weighted by molar-refractivity contribution is 6.00. The van der Waals surface area contributed by atoms with Gasteiger partial charge in [-0.1, -0.05) is 58.0 Å². The number of nitrogens with one attached hydrogen (secondary N) is 1. The number of amides is 1. The Hall–Kier alpha value is -2.36. The highest BCUT2D eigenvalue weighted by Gasteiger charge is 2.25. The third-order valence-corrected chi connectivity index (χ3v) is 3.97. The van der Waals surface area contributed by atoms with Gasteiger partial charge in [0.05, 0.1) is 5.56 Å². The summed E-state index contributed by atoms with van der Waals surface area (Å²) in [5.41, 5.74) is 1.49. The van der Waals surface area contributed by atoms with Crippen molar-refractivity contribution in [3.05, 3.63) is 59.0 Å². The van der Waals surface area contributed by atoms with E-state index in [1.54, 1.807) is 13.0 Å². The predicted octanol–water partition coefficient (Wildman–Crippen LogP) is 4.41. The number of rotatable bonds is 7. The molecule has 1 atom stereocenters. The van der Waals surface area contributed by atoms with Crippen LogP contribution in [-0.4, -0.2) is 18.2 Å². The van der Waals surface area contributed by atoms with Crippen LogP contribution in [0.5, 0.6) is 0 Å². The van der Waals surface area contributed by atoms with Crippen LogP contribution in [0.3, 0.4) is 0 Å². The topological polar surface area (TPSA) is 59.3 Å². The van der Waals surface area contributed by atoms with Crippen molar-refractivity contribution < 1.29 is 14.0 Å². The Bertz CT molecular complexity index is 701. The summed E-state index contributed by atoms with van der Waals surface area (Å²) in [7, 11) is 0. The van der Waals surface area contributed by atoms with Gasteiger partial charge in [-0.2, -0.15) is 0 Å². The minimum Gasteiger partial charge on any atom is -0.456 e. The number of carbonyl (C=O) groups is 2. The summed E-state index contributed by atoms with van der Waals surface area (Å²) in [6, 6.07) is 11.4. The second-order valence-corrected chi connectivity index (χ2v) is 6.40. The van der Waals surface area contributed by atoms with Crippen LogP contribution in [0.4, 0.5) is 0 Å². The van der Waals surface area contributed by atoms with E-state index in [0.717, 1.165) is 5.56 Å². The molecule has 2 aromatic rings. The largest absolute Gasteiger partial charge is 0.456 e. The van der Waals surface area contributed by atoms with E-state index in [9.17, 15) is 9.59 Å². The number of ketones is 1. The summed E-state index contributed by atoms with van der Waals surface area (Å²) in [6.45, 7) is 8.42. The van der Waals surface area contributed by atoms with Crippen LogP contribution >= 0.6 is 0 Å². The summed E-state index contributed by atoms with van der Waals surface area (Å²) in [5.74, 6) is 0.751. The molecule has 0 saturated carbocycles. The van der Waals surface area contributed by atoms with E-state index in [1.807, 2.05) is 51.1 Å². The molecule has 0 aliphatic heterocycles. The molecule has 1 aromatic carbocycles. The molecule has 1 aromatic heterocycles. The van der Waals surface area contributed by atoms with E-state index in [2.05, 4.69) is 5.32 Å². The third kappa shape index (κ3) is 4.13. The van der Waals surface area contributed by atoms with E-state index in [4.69, 9.17) is 4.42 Å². The molecule has 0 aliphatic carbocycles. The third-order valence-electron chi connectivity index (χ3n) is 3.97. The predicted molar refractivity (Wildman–Crippen MR) is 94.5 cm³/mol. The average Bonchev–Trinajstić information content (AvgIpc) is 3.04. The Labute approximate surface area is 143 Å². The highest BCUT2D eigenvalue weighted by Crippen LogP contribution is 2.30. The molecule has 0 radical (unpaired) electrons. The first kappa shape index (κ1) is 18.0. The minimum absolute atomic E-state index is 0.0978. The van der Waals surface area contributed by atoms with Crippen LogP contribution in [0, 0.1) is 5.92 Å². The normalized spacial score (nSPS) is 12.2. The summed E-state index contributed by atoms with van der Waals surface area (Å²) in [5, 5.41) is 2.91. The molecule has 1 N–H and O–H groups in total. The van der Waals surface area contributed by atoms with Crippen LogP contribution in [0.25, 0.3) is 0 Å². The van der Waals surface area contributed by atoms with Crippen LogP contribution in [-0.2, 0) is 0 Å². The van der Waals surface area contributed by atoms with Crippen molar-refractivity contribution in [3.63, 3.8) is 0 Å². The van der Waals surface area contributed by atoms with Gasteiger partial charge in [0.25, 0.3) is 5.91 Å². The quantitative estimate of drug-likeness (QED) is 0.766. The lowest BCUT2D eigenvalue weighted by Gasteiger charge is -2.12. The molecular weight excluding hydrogens is 302 g/mol. The van der Waals surface area contributed by atoms with Gasteiger partial charge < -0.3 is 9.73 Å². The first-order valence-corrected chi connectivity index (χ1v) is 8.44. The smallest absolute Gasteiger partial charge is 0.254 e. The van der Waals surface area contributed by atoms with Gasteiger partial charge in [-0.05, 0) is 11.5 Å². The van der Waals surface area contributed by atoms with E-state index < -0.39 is 0 Å². The minimum atomic E-state index is -0.194. The van der Waals surface area contributed by atoms with Gasteiger partial charge in [-0.3, -0.25) is 9.59 Å². The monoisotopic (exact) mass is 327 g/mol. The molecule has 4 heteroatoms. The fourth-order valence-electron chi connectivity index (χ4n) is 2.50. The molecule has 0 unspecified atom stereocenters. The fourth-order valence-corrected chi connectivity index (χ4v) is 2.50. The summed E-state index contributed by atoms with van der Waals surface area (Å²) >= 11 is 0. The molecule has 0 aliphatic rings. The van der Waals surface area contributed by atoms with Crippen molar-refractivity contribution in [2.75, 3.05) is 6.54 Å². The molecule has 4 nitrogen and oxygen atoms in total. The molecule has 1 heterocycles. The van der Waals surface area contributed by atoms with Crippen molar-refractivity contribution in [3.8, 4) is 0 Å². The van der Waals surface area contributed by atoms with Crippen LogP contribution in [0.2, 0.25) is 0 Å². The Morgan fingerprint density at radius 3 is 2.38 bits per heavy atom. The SMILES string of the molecule is CCC(=O)c1cc(C(=O)NCC(C)C)c([C@@H](C)c2ccccc2)o1. The van der Waals surface area contributed by atoms with Crippen LogP contribution < -0.4 is 5.32 Å². The van der Waals surface area contributed by atoms with Gasteiger partial charge in [-0.15, -0.1) is 0 Å². The van der Waals surface area contributed by atoms with Crippen LogP contribution in [0.1, 0.15) is 72.3 Å². The Morgan fingerprint density at radius 1 is 1.12 bits per heavy atom.